The molecule has 0 aliphatic heterocycles. The number of hydrogen-bond acceptors (Lipinski definition) is 4. The van der Waals surface area contributed by atoms with Gasteiger partial charge in [-0.25, -0.2) is 4.98 Å². The maximum Gasteiger partial charge on any atom is 0.263 e. The van der Waals surface area contributed by atoms with E-state index < -0.39 is 0 Å². The van der Waals surface area contributed by atoms with Crippen molar-refractivity contribution >= 4 is 21.6 Å². The van der Waals surface area contributed by atoms with E-state index in [1.165, 1.54) is 16.9 Å². The first-order valence-corrected chi connectivity index (χ1v) is 10.1. The Balaban J connectivity index is 1.84. The van der Waals surface area contributed by atoms with Crippen molar-refractivity contribution in [1.29, 1.82) is 5.26 Å². The fourth-order valence-corrected chi connectivity index (χ4v) is 4.35. The minimum atomic E-state index is -0.0410. The van der Waals surface area contributed by atoms with Crippen LogP contribution in [-0.2, 0) is 13.0 Å². The van der Waals surface area contributed by atoms with E-state index in [4.69, 9.17) is 5.26 Å². The van der Waals surface area contributed by atoms with Crippen LogP contribution in [0, 0.1) is 18.3 Å². The van der Waals surface area contributed by atoms with Gasteiger partial charge in [-0.1, -0.05) is 43.3 Å². The van der Waals surface area contributed by atoms with E-state index in [-0.39, 0.29) is 5.56 Å². The monoisotopic (exact) mass is 385 g/mol. The van der Waals surface area contributed by atoms with Crippen molar-refractivity contribution in [2.24, 2.45) is 0 Å². The van der Waals surface area contributed by atoms with Crippen molar-refractivity contribution in [3.05, 3.63) is 86.8 Å². The Morgan fingerprint density at radius 3 is 2.64 bits per heavy atom. The Kier molecular flexibility index (Phi) is 4.81. The van der Waals surface area contributed by atoms with E-state index in [1.807, 2.05) is 30.5 Å². The molecule has 0 saturated carbocycles. The third-order valence-electron chi connectivity index (χ3n) is 4.95. The lowest BCUT2D eigenvalue weighted by molar-refractivity contribution is 0.714. The highest BCUT2D eigenvalue weighted by Gasteiger charge is 2.15. The zero-order valence-electron chi connectivity index (χ0n) is 15.8. The van der Waals surface area contributed by atoms with Crippen LogP contribution in [0.2, 0.25) is 0 Å². The highest BCUT2D eigenvalue weighted by atomic mass is 32.1. The largest absolute Gasteiger partial charge is 0.292 e. The van der Waals surface area contributed by atoms with Gasteiger partial charge >= 0.3 is 0 Å². The van der Waals surface area contributed by atoms with Crippen molar-refractivity contribution < 1.29 is 0 Å². The summed E-state index contributed by atoms with van der Waals surface area (Å²) in [5.41, 5.74) is 4.69. The Morgan fingerprint density at radius 1 is 1.14 bits per heavy atom. The molecule has 0 aliphatic rings. The molecule has 2 heterocycles. The summed E-state index contributed by atoms with van der Waals surface area (Å²) in [6.07, 6.45) is 0.986. The molecule has 2 aromatic carbocycles. The molecule has 0 spiro atoms. The maximum atomic E-state index is 13.4. The smallest absolute Gasteiger partial charge is 0.263 e. The summed E-state index contributed by atoms with van der Waals surface area (Å²) in [6, 6.07) is 17.8. The van der Waals surface area contributed by atoms with E-state index >= 15 is 0 Å². The lowest BCUT2D eigenvalue weighted by atomic mass is 10.0. The molecule has 5 heteroatoms. The number of hydrogen-bond donors (Lipinski definition) is 0. The van der Waals surface area contributed by atoms with Crippen LogP contribution < -0.4 is 5.56 Å². The van der Waals surface area contributed by atoms with Crippen molar-refractivity contribution in [2.45, 2.75) is 26.8 Å². The molecule has 0 unspecified atom stereocenters. The second-order valence-corrected chi connectivity index (χ2v) is 7.60. The quantitative estimate of drug-likeness (QED) is 0.501. The van der Waals surface area contributed by atoms with Gasteiger partial charge in [-0.3, -0.25) is 9.36 Å². The van der Waals surface area contributed by atoms with Gasteiger partial charge in [-0.2, -0.15) is 5.26 Å². The second-order valence-electron chi connectivity index (χ2n) is 6.74. The summed E-state index contributed by atoms with van der Waals surface area (Å²) in [7, 11) is 0. The van der Waals surface area contributed by atoms with Gasteiger partial charge in [0.15, 0.2) is 0 Å². The number of rotatable bonds is 4. The van der Waals surface area contributed by atoms with Crippen LogP contribution in [0.5, 0.6) is 0 Å². The predicted octanol–water partition coefficient (Wildman–Crippen LogP) is 4.92. The minimum Gasteiger partial charge on any atom is -0.292 e. The summed E-state index contributed by atoms with van der Waals surface area (Å²) in [5.74, 6) is 0.676. The normalized spacial score (nSPS) is 10.9. The average Bonchev–Trinajstić information content (AvgIpc) is 3.15. The average molecular weight is 385 g/mol. The number of nitrogens with zero attached hydrogens (tertiary/aromatic N) is 3. The molecule has 0 bridgehead atoms. The minimum absolute atomic E-state index is 0.0410. The molecule has 0 radical (unpaired) electrons. The zero-order chi connectivity index (χ0) is 19.7. The molecule has 4 rings (SSSR count). The van der Waals surface area contributed by atoms with E-state index in [0.717, 1.165) is 27.9 Å². The number of fused-ring (bicyclic) bond motifs is 1. The van der Waals surface area contributed by atoms with Crippen LogP contribution in [0.25, 0.3) is 21.3 Å². The molecule has 4 nitrogen and oxygen atoms in total. The van der Waals surface area contributed by atoms with Crippen LogP contribution in [0.1, 0.15) is 29.4 Å². The molecule has 0 atom stereocenters. The molecule has 4 aromatic rings. The van der Waals surface area contributed by atoms with Crippen molar-refractivity contribution in [1.82, 2.24) is 9.55 Å². The Hall–Kier alpha value is -3.23. The van der Waals surface area contributed by atoms with E-state index in [1.54, 1.807) is 10.6 Å². The molecule has 0 saturated heterocycles. The fourth-order valence-electron chi connectivity index (χ4n) is 3.37. The zero-order valence-corrected chi connectivity index (χ0v) is 16.6. The summed E-state index contributed by atoms with van der Waals surface area (Å²) >= 11 is 1.50. The summed E-state index contributed by atoms with van der Waals surface area (Å²) in [6.45, 7) is 4.37. The molecule has 0 aliphatic carbocycles. The van der Waals surface area contributed by atoms with Gasteiger partial charge in [0.2, 0.25) is 0 Å². The topological polar surface area (TPSA) is 58.7 Å². The summed E-state index contributed by atoms with van der Waals surface area (Å²) < 4.78 is 1.69. The van der Waals surface area contributed by atoms with Crippen molar-refractivity contribution in [2.75, 3.05) is 0 Å². The van der Waals surface area contributed by atoms with Crippen LogP contribution in [0.4, 0.5) is 0 Å². The third-order valence-corrected chi connectivity index (χ3v) is 5.83. The predicted molar refractivity (Wildman–Crippen MR) is 114 cm³/mol. The lowest BCUT2D eigenvalue weighted by Crippen LogP contribution is -2.24. The van der Waals surface area contributed by atoms with Crippen LogP contribution >= 0.6 is 11.3 Å². The molecular formula is C23H19N3OS. The van der Waals surface area contributed by atoms with Gasteiger partial charge in [0, 0.05) is 10.9 Å². The molecule has 2 aromatic heterocycles. The Morgan fingerprint density at radius 2 is 1.93 bits per heavy atom. The lowest BCUT2D eigenvalue weighted by Gasteiger charge is -2.11. The van der Waals surface area contributed by atoms with Gasteiger partial charge in [-0.05, 0) is 42.2 Å². The van der Waals surface area contributed by atoms with Crippen LogP contribution in [0.3, 0.4) is 0 Å². The molecule has 0 fully saturated rings. The number of aromatic nitrogens is 2. The maximum absolute atomic E-state index is 13.4. The van der Waals surface area contributed by atoms with E-state index in [2.05, 4.69) is 42.2 Å². The highest BCUT2D eigenvalue weighted by Crippen LogP contribution is 2.31. The van der Waals surface area contributed by atoms with E-state index in [0.29, 0.717) is 23.3 Å². The number of thiophene rings is 1. The van der Waals surface area contributed by atoms with E-state index in [9.17, 15) is 4.79 Å². The summed E-state index contributed by atoms with van der Waals surface area (Å²) in [5, 5.41) is 11.8. The van der Waals surface area contributed by atoms with Crippen LogP contribution in [0.15, 0.2) is 58.7 Å². The standard InChI is InChI=1S/C23H19N3OS/c1-3-16-7-9-19(10-8-16)20-14-28-22-21(20)23(27)26(15(2)25-22)13-18-6-4-5-17(11-18)12-24/h4-11,14H,3,13H2,1-2H3. The third kappa shape index (κ3) is 3.23. The summed E-state index contributed by atoms with van der Waals surface area (Å²) in [4.78, 5) is 18.8. The van der Waals surface area contributed by atoms with Gasteiger partial charge in [0.05, 0.1) is 23.6 Å². The fraction of sp³-hybridized carbons (Fsp3) is 0.174. The van der Waals surface area contributed by atoms with Crippen molar-refractivity contribution in [3.8, 4) is 17.2 Å². The number of nitriles is 1. The first-order chi connectivity index (χ1) is 13.6. The molecule has 28 heavy (non-hydrogen) atoms. The SMILES string of the molecule is CCc1ccc(-c2csc3nc(C)n(Cc4cccc(C#N)c4)c(=O)c23)cc1. The van der Waals surface area contributed by atoms with Crippen LogP contribution in [-0.4, -0.2) is 9.55 Å². The number of aryl methyl sites for hydroxylation is 2. The highest BCUT2D eigenvalue weighted by molar-refractivity contribution is 7.17. The van der Waals surface area contributed by atoms with Gasteiger partial charge in [0.25, 0.3) is 5.56 Å². The van der Waals surface area contributed by atoms with Gasteiger partial charge < -0.3 is 0 Å². The Bertz CT molecular complexity index is 1260. The molecule has 0 amide bonds. The first-order valence-electron chi connectivity index (χ1n) is 9.17. The first kappa shape index (κ1) is 18.1. The second kappa shape index (κ2) is 7.41. The van der Waals surface area contributed by atoms with Gasteiger partial charge in [-0.15, -0.1) is 11.3 Å². The molecule has 138 valence electrons. The molecule has 0 N–H and O–H groups in total. The molecular weight excluding hydrogens is 366 g/mol. The Labute approximate surface area is 167 Å². The van der Waals surface area contributed by atoms with Gasteiger partial charge in [0.1, 0.15) is 10.7 Å². The number of benzene rings is 2. The van der Waals surface area contributed by atoms with Crippen molar-refractivity contribution in [3.63, 3.8) is 0 Å².